The van der Waals surface area contributed by atoms with Gasteiger partial charge in [0, 0.05) is 16.3 Å². The zero-order valence-electron chi connectivity index (χ0n) is 16.5. The molecule has 3 aromatic carbocycles. The predicted molar refractivity (Wildman–Crippen MR) is 118 cm³/mol. The van der Waals surface area contributed by atoms with E-state index in [9.17, 15) is 14.4 Å². The van der Waals surface area contributed by atoms with Crippen LogP contribution in [-0.2, 0) is 9.59 Å². The van der Waals surface area contributed by atoms with Crippen LogP contribution >= 0.6 is 11.6 Å². The van der Waals surface area contributed by atoms with E-state index in [4.69, 9.17) is 16.3 Å². The SMILES string of the molecule is Cc1cccc(C(=O)Oc2ccccc2/C=N/NC(=O)C(=O)Nc2ccc(Cl)cc2)c1. The maximum atomic E-state index is 12.4. The Morgan fingerprint density at radius 3 is 2.42 bits per heavy atom. The largest absolute Gasteiger partial charge is 0.422 e. The zero-order valence-corrected chi connectivity index (χ0v) is 17.2. The number of amides is 2. The van der Waals surface area contributed by atoms with Crippen molar-refractivity contribution in [2.24, 2.45) is 5.10 Å². The Hall–Kier alpha value is -3.97. The Bertz CT molecular complexity index is 1140. The molecule has 2 amide bonds. The number of para-hydroxylation sites is 1. The van der Waals surface area contributed by atoms with Gasteiger partial charge in [0.05, 0.1) is 11.8 Å². The van der Waals surface area contributed by atoms with Crippen LogP contribution in [0.15, 0.2) is 77.9 Å². The molecule has 3 aromatic rings. The number of halogens is 1. The minimum atomic E-state index is -0.958. The lowest BCUT2D eigenvalue weighted by Crippen LogP contribution is -2.32. The number of esters is 1. The monoisotopic (exact) mass is 435 g/mol. The molecular weight excluding hydrogens is 418 g/mol. The van der Waals surface area contributed by atoms with Gasteiger partial charge in [-0.15, -0.1) is 0 Å². The second-order valence-corrected chi connectivity index (χ2v) is 6.89. The van der Waals surface area contributed by atoms with E-state index >= 15 is 0 Å². The van der Waals surface area contributed by atoms with Gasteiger partial charge in [-0.1, -0.05) is 41.4 Å². The van der Waals surface area contributed by atoms with Gasteiger partial charge in [0.25, 0.3) is 0 Å². The number of nitrogens with one attached hydrogen (secondary N) is 2. The summed E-state index contributed by atoms with van der Waals surface area (Å²) in [5, 5.41) is 6.71. The maximum absolute atomic E-state index is 12.4. The molecule has 0 fully saturated rings. The minimum Gasteiger partial charge on any atom is -0.422 e. The van der Waals surface area contributed by atoms with E-state index < -0.39 is 17.8 Å². The average Bonchev–Trinajstić information content (AvgIpc) is 2.76. The van der Waals surface area contributed by atoms with Crippen LogP contribution < -0.4 is 15.5 Å². The highest BCUT2D eigenvalue weighted by Crippen LogP contribution is 2.18. The second kappa shape index (κ2) is 10.2. The molecule has 8 heteroatoms. The first-order valence-corrected chi connectivity index (χ1v) is 9.58. The summed E-state index contributed by atoms with van der Waals surface area (Å²) in [5.41, 5.74) is 4.35. The molecule has 0 aliphatic carbocycles. The molecule has 0 aliphatic heterocycles. The first-order chi connectivity index (χ1) is 14.9. The molecule has 3 rings (SSSR count). The van der Waals surface area contributed by atoms with Crippen molar-refractivity contribution in [3.8, 4) is 5.75 Å². The van der Waals surface area contributed by atoms with Crippen molar-refractivity contribution in [2.75, 3.05) is 5.32 Å². The van der Waals surface area contributed by atoms with Crippen molar-refractivity contribution in [1.29, 1.82) is 0 Å². The van der Waals surface area contributed by atoms with Crippen molar-refractivity contribution < 1.29 is 19.1 Å². The molecule has 0 unspecified atom stereocenters. The number of aryl methyl sites for hydroxylation is 1. The molecule has 156 valence electrons. The number of hydrogen-bond donors (Lipinski definition) is 2. The molecule has 0 radical (unpaired) electrons. The van der Waals surface area contributed by atoms with Crippen LogP contribution in [0.1, 0.15) is 21.5 Å². The highest BCUT2D eigenvalue weighted by molar-refractivity contribution is 6.39. The van der Waals surface area contributed by atoms with Crippen molar-refractivity contribution in [3.63, 3.8) is 0 Å². The number of hydrazone groups is 1. The third kappa shape index (κ3) is 6.25. The Kier molecular flexibility index (Phi) is 7.13. The van der Waals surface area contributed by atoms with E-state index in [-0.39, 0.29) is 5.75 Å². The van der Waals surface area contributed by atoms with E-state index in [2.05, 4.69) is 15.8 Å². The molecule has 2 N–H and O–H groups in total. The van der Waals surface area contributed by atoms with E-state index in [1.807, 2.05) is 13.0 Å². The highest BCUT2D eigenvalue weighted by atomic mass is 35.5. The van der Waals surface area contributed by atoms with Crippen LogP contribution in [-0.4, -0.2) is 24.0 Å². The van der Waals surface area contributed by atoms with Crippen LogP contribution in [0.4, 0.5) is 5.69 Å². The molecular formula is C23H18ClN3O4. The summed E-state index contributed by atoms with van der Waals surface area (Å²) in [6.45, 7) is 1.88. The number of nitrogens with zero attached hydrogens (tertiary/aromatic N) is 1. The van der Waals surface area contributed by atoms with Crippen LogP contribution in [0.3, 0.4) is 0 Å². The molecule has 0 heterocycles. The first kappa shape index (κ1) is 21.7. The average molecular weight is 436 g/mol. The normalized spacial score (nSPS) is 10.5. The zero-order chi connectivity index (χ0) is 22.2. The van der Waals surface area contributed by atoms with Gasteiger partial charge in [-0.05, 0) is 55.5 Å². The molecule has 7 nitrogen and oxygen atoms in total. The van der Waals surface area contributed by atoms with Gasteiger partial charge in [0.2, 0.25) is 0 Å². The van der Waals surface area contributed by atoms with Gasteiger partial charge in [-0.3, -0.25) is 9.59 Å². The molecule has 0 bridgehead atoms. The fourth-order valence-electron chi connectivity index (χ4n) is 2.54. The molecule has 0 aromatic heterocycles. The van der Waals surface area contributed by atoms with Crippen LogP contribution in [0.2, 0.25) is 5.02 Å². The lowest BCUT2D eigenvalue weighted by molar-refractivity contribution is -0.136. The standard InChI is InChI=1S/C23H18ClN3O4/c1-15-5-4-7-16(13-15)23(30)31-20-8-3-2-6-17(20)14-25-27-22(29)21(28)26-19-11-9-18(24)10-12-19/h2-14H,1H3,(H,26,28)(H,27,29)/b25-14+. The number of rotatable bonds is 5. The van der Waals surface area contributed by atoms with E-state index in [1.165, 1.54) is 6.21 Å². The van der Waals surface area contributed by atoms with Gasteiger partial charge in [-0.2, -0.15) is 5.10 Å². The first-order valence-electron chi connectivity index (χ1n) is 9.20. The third-order valence-corrected chi connectivity index (χ3v) is 4.31. The summed E-state index contributed by atoms with van der Waals surface area (Å²) in [5.74, 6) is -2.10. The molecule has 0 saturated heterocycles. The maximum Gasteiger partial charge on any atom is 0.343 e. The van der Waals surface area contributed by atoms with E-state index in [0.717, 1.165) is 5.56 Å². The number of ether oxygens (including phenoxy) is 1. The molecule has 0 spiro atoms. The Morgan fingerprint density at radius 1 is 0.935 bits per heavy atom. The van der Waals surface area contributed by atoms with Gasteiger partial charge in [0.1, 0.15) is 5.75 Å². The van der Waals surface area contributed by atoms with Crippen LogP contribution in [0.25, 0.3) is 0 Å². The summed E-state index contributed by atoms with van der Waals surface area (Å²) < 4.78 is 5.45. The molecule has 0 aliphatic rings. The smallest absolute Gasteiger partial charge is 0.343 e. The Labute approximate surface area is 183 Å². The van der Waals surface area contributed by atoms with Gasteiger partial charge in [0.15, 0.2) is 0 Å². The minimum absolute atomic E-state index is 0.262. The number of anilines is 1. The number of benzene rings is 3. The predicted octanol–water partition coefficient (Wildman–Crippen LogP) is 3.96. The van der Waals surface area contributed by atoms with Crippen molar-refractivity contribution >= 4 is 41.3 Å². The summed E-state index contributed by atoms with van der Waals surface area (Å²) in [6, 6.07) is 20.0. The van der Waals surface area contributed by atoms with Gasteiger partial charge in [-0.25, -0.2) is 10.2 Å². The van der Waals surface area contributed by atoms with Crippen molar-refractivity contribution in [2.45, 2.75) is 6.92 Å². The molecule has 0 saturated carbocycles. The topological polar surface area (TPSA) is 96.9 Å². The van der Waals surface area contributed by atoms with E-state index in [1.54, 1.807) is 66.7 Å². The number of carbonyl (C=O) groups is 3. The lowest BCUT2D eigenvalue weighted by Gasteiger charge is -2.08. The summed E-state index contributed by atoms with van der Waals surface area (Å²) in [4.78, 5) is 36.3. The Morgan fingerprint density at radius 2 is 1.68 bits per heavy atom. The second-order valence-electron chi connectivity index (χ2n) is 6.46. The third-order valence-electron chi connectivity index (χ3n) is 4.05. The van der Waals surface area contributed by atoms with Crippen molar-refractivity contribution in [3.05, 3.63) is 94.5 Å². The van der Waals surface area contributed by atoms with E-state index in [0.29, 0.717) is 21.8 Å². The summed E-state index contributed by atoms with van der Waals surface area (Å²) in [6.07, 6.45) is 1.28. The summed E-state index contributed by atoms with van der Waals surface area (Å²) >= 11 is 5.78. The quantitative estimate of drug-likeness (QED) is 0.208. The fourth-order valence-corrected chi connectivity index (χ4v) is 2.67. The lowest BCUT2D eigenvalue weighted by atomic mass is 10.1. The Balaban J connectivity index is 1.62. The molecule has 31 heavy (non-hydrogen) atoms. The highest BCUT2D eigenvalue weighted by Gasteiger charge is 2.14. The number of hydrogen-bond acceptors (Lipinski definition) is 5. The van der Waals surface area contributed by atoms with Crippen LogP contribution in [0.5, 0.6) is 5.75 Å². The summed E-state index contributed by atoms with van der Waals surface area (Å²) in [7, 11) is 0. The van der Waals surface area contributed by atoms with Gasteiger partial charge < -0.3 is 10.1 Å². The number of carbonyl (C=O) groups excluding carboxylic acids is 3. The molecule has 0 atom stereocenters. The van der Waals surface area contributed by atoms with Gasteiger partial charge >= 0.3 is 17.8 Å². The fraction of sp³-hybridized carbons (Fsp3) is 0.0435. The van der Waals surface area contributed by atoms with Crippen LogP contribution in [0, 0.1) is 6.92 Å². The van der Waals surface area contributed by atoms with Crippen molar-refractivity contribution in [1.82, 2.24) is 5.43 Å².